The van der Waals surface area contributed by atoms with E-state index in [1.54, 1.807) is 4.90 Å². The van der Waals surface area contributed by atoms with Crippen LogP contribution in [0.2, 0.25) is 0 Å². The summed E-state index contributed by atoms with van der Waals surface area (Å²) in [6, 6.07) is 0. The summed E-state index contributed by atoms with van der Waals surface area (Å²) in [4.78, 5) is 25.1. The smallest absolute Gasteiger partial charge is 0.237 e. The fourth-order valence-electron chi connectivity index (χ4n) is 2.63. The van der Waals surface area contributed by atoms with Gasteiger partial charge in [0.15, 0.2) is 0 Å². The van der Waals surface area contributed by atoms with Crippen LogP contribution in [-0.2, 0) is 19.6 Å². The molecule has 0 aromatic carbocycles. The molecule has 0 unspecified atom stereocenters. The molecule has 9 heteroatoms. The van der Waals surface area contributed by atoms with Crippen molar-refractivity contribution in [1.29, 1.82) is 0 Å². The van der Waals surface area contributed by atoms with Crippen molar-refractivity contribution in [3.63, 3.8) is 0 Å². The number of hydrogen-bond acceptors (Lipinski definition) is 5. The zero-order valence-electron chi connectivity index (χ0n) is 11.2. The van der Waals surface area contributed by atoms with Crippen molar-refractivity contribution in [1.82, 2.24) is 14.6 Å². The third-order valence-electron chi connectivity index (χ3n) is 3.88. The van der Waals surface area contributed by atoms with Crippen molar-refractivity contribution in [2.24, 2.45) is 11.8 Å². The van der Waals surface area contributed by atoms with Crippen molar-refractivity contribution < 1.29 is 18.0 Å². The van der Waals surface area contributed by atoms with Gasteiger partial charge in [-0.05, 0) is 19.3 Å². The molecule has 2 heterocycles. The largest absolute Gasteiger partial charge is 0.342 e. The van der Waals surface area contributed by atoms with E-state index in [1.807, 2.05) is 0 Å². The Bertz CT molecular complexity index is 485. The van der Waals surface area contributed by atoms with E-state index in [1.165, 1.54) is 4.31 Å². The summed E-state index contributed by atoms with van der Waals surface area (Å²) in [6.07, 6.45) is 1.69. The number of nitrogens with zero attached hydrogens (tertiary/aromatic N) is 2. The van der Waals surface area contributed by atoms with Gasteiger partial charge in [0.25, 0.3) is 0 Å². The van der Waals surface area contributed by atoms with Gasteiger partial charge in [0, 0.05) is 25.6 Å². The van der Waals surface area contributed by atoms with Crippen LogP contribution in [-0.4, -0.2) is 61.4 Å². The summed E-state index contributed by atoms with van der Waals surface area (Å²) < 4.78 is 24.5. The average molecular weight is 304 g/mol. The van der Waals surface area contributed by atoms with Crippen molar-refractivity contribution in [2.75, 3.05) is 31.9 Å². The highest BCUT2D eigenvalue weighted by molar-refractivity contribution is 7.89. The molecule has 0 spiro atoms. The van der Waals surface area contributed by atoms with Crippen LogP contribution in [0, 0.1) is 5.92 Å². The van der Waals surface area contributed by atoms with Gasteiger partial charge in [0.2, 0.25) is 21.8 Å². The molecule has 0 bridgehead atoms. The van der Waals surface area contributed by atoms with Crippen LogP contribution in [0.4, 0.5) is 0 Å². The number of nitrogens with two attached hydrogens (primary N) is 1. The lowest BCUT2D eigenvalue weighted by Crippen LogP contribution is -2.47. The first-order valence-corrected chi connectivity index (χ1v) is 8.31. The van der Waals surface area contributed by atoms with E-state index in [9.17, 15) is 18.0 Å². The Hall–Kier alpha value is -1.19. The lowest BCUT2D eigenvalue weighted by Gasteiger charge is -2.31. The van der Waals surface area contributed by atoms with Crippen LogP contribution in [0.25, 0.3) is 0 Å². The van der Waals surface area contributed by atoms with E-state index >= 15 is 0 Å². The second-order valence-corrected chi connectivity index (χ2v) is 7.26. The van der Waals surface area contributed by atoms with E-state index in [0.717, 1.165) is 0 Å². The van der Waals surface area contributed by atoms with Crippen LogP contribution in [0.1, 0.15) is 19.3 Å². The molecule has 2 fully saturated rings. The van der Waals surface area contributed by atoms with Gasteiger partial charge in [-0.25, -0.2) is 14.3 Å². The number of likely N-dealkylation sites (tertiary alicyclic amines) is 1. The number of nitrogens with one attached hydrogen (secondary N) is 1. The molecule has 8 nitrogen and oxygen atoms in total. The topological polar surface area (TPSA) is 113 Å². The minimum absolute atomic E-state index is 0.0872. The number of sulfonamides is 1. The Morgan fingerprint density at radius 2 is 1.85 bits per heavy atom. The standard InChI is InChI=1S/C11H20N4O4S/c12-13-11(17)9-2-5-14(6-3-9)10(16)8-15-4-1-7-20(15,18)19/h9H,1-8,12H2,(H,13,17). The molecule has 0 radical (unpaired) electrons. The zero-order chi connectivity index (χ0) is 14.8. The van der Waals surface area contributed by atoms with Crippen LogP contribution < -0.4 is 11.3 Å². The van der Waals surface area contributed by atoms with E-state index in [-0.39, 0.29) is 30.0 Å². The van der Waals surface area contributed by atoms with E-state index in [2.05, 4.69) is 5.43 Å². The van der Waals surface area contributed by atoms with Crippen LogP contribution in [0.15, 0.2) is 0 Å². The third kappa shape index (κ3) is 3.28. The maximum Gasteiger partial charge on any atom is 0.237 e. The Labute approximate surface area is 118 Å². The highest BCUT2D eigenvalue weighted by Gasteiger charge is 2.33. The molecule has 0 saturated carbocycles. The summed E-state index contributed by atoms with van der Waals surface area (Å²) in [5, 5.41) is 0. The van der Waals surface area contributed by atoms with Gasteiger partial charge in [-0.15, -0.1) is 0 Å². The van der Waals surface area contributed by atoms with Crippen molar-refractivity contribution in [2.45, 2.75) is 19.3 Å². The molecule has 2 aliphatic heterocycles. The van der Waals surface area contributed by atoms with Gasteiger partial charge in [0.05, 0.1) is 12.3 Å². The summed E-state index contributed by atoms with van der Waals surface area (Å²) in [7, 11) is -3.24. The number of piperidine rings is 1. The van der Waals surface area contributed by atoms with Gasteiger partial charge in [0.1, 0.15) is 0 Å². The molecular weight excluding hydrogens is 284 g/mol. The first-order chi connectivity index (χ1) is 9.44. The number of amides is 2. The van der Waals surface area contributed by atoms with Gasteiger partial charge in [-0.3, -0.25) is 15.0 Å². The number of carbonyl (C=O) groups is 2. The van der Waals surface area contributed by atoms with Gasteiger partial charge in [-0.1, -0.05) is 0 Å². The molecule has 2 aliphatic rings. The number of carbonyl (C=O) groups excluding carboxylic acids is 2. The predicted octanol–water partition coefficient (Wildman–Crippen LogP) is -1.75. The molecule has 0 atom stereocenters. The normalized spacial score (nSPS) is 23.8. The van der Waals surface area contributed by atoms with E-state index in [0.29, 0.717) is 38.9 Å². The molecular formula is C11H20N4O4S. The minimum Gasteiger partial charge on any atom is -0.342 e. The quantitative estimate of drug-likeness (QED) is 0.365. The molecule has 2 amide bonds. The zero-order valence-corrected chi connectivity index (χ0v) is 12.1. The Balaban J connectivity index is 1.85. The number of hydrogen-bond donors (Lipinski definition) is 2. The molecule has 0 aromatic heterocycles. The molecule has 0 aromatic rings. The second kappa shape index (κ2) is 6.06. The Morgan fingerprint density at radius 3 is 2.35 bits per heavy atom. The summed E-state index contributed by atoms with van der Waals surface area (Å²) in [6.45, 7) is 1.26. The van der Waals surface area contributed by atoms with Gasteiger partial charge in [-0.2, -0.15) is 4.31 Å². The first kappa shape index (κ1) is 15.2. The summed E-state index contributed by atoms with van der Waals surface area (Å²) >= 11 is 0. The minimum atomic E-state index is -3.24. The monoisotopic (exact) mass is 304 g/mol. The van der Waals surface area contributed by atoms with Crippen molar-refractivity contribution >= 4 is 21.8 Å². The third-order valence-corrected chi connectivity index (χ3v) is 5.78. The maximum atomic E-state index is 12.1. The maximum absolute atomic E-state index is 12.1. The van der Waals surface area contributed by atoms with Crippen molar-refractivity contribution in [3.8, 4) is 0 Å². The average Bonchev–Trinajstić information content (AvgIpc) is 2.77. The molecule has 0 aliphatic carbocycles. The Morgan fingerprint density at radius 1 is 1.20 bits per heavy atom. The lowest BCUT2D eigenvalue weighted by atomic mass is 9.96. The van der Waals surface area contributed by atoms with Crippen LogP contribution >= 0.6 is 0 Å². The Kier molecular flexibility index (Phi) is 4.61. The highest BCUT2D eigenvalue weighted by atomic mass is 32.2. The second-order valence-electron chi connectivity index (χ2n) is 5.17. The molecule has 3 N–H and O–H groups in total. The molecule has 2 rings (SSSR count). The molecule has 2 saturated heterocycles. The molecule has 20 heavy (non-hydrogen) atoms. The fourth-order valence-corrected chi connectivity index (χ4v) is 4.10. The van der Waals surface area contributed by atoms with Gasteiger partial charge < -0.3 is 4.90 Å². The predicted molar refractivity (Wildman–Crippen MR) is 71.6 cm³/mol. The first-order valence-electron chi connectivity index (χ1n) is 6.70. The summed E-state index contributed by atoms with van der Waals surface area (Å²) in [5.41, 5.74) is 2.12. The number of rotatable bonds is 3. The number of hydrazine groups is 1. The van der Waals surface area contributed by atoms with Gasteiger partial charge >= 0.3 is 0 Å². The van der Waals surface area contributed by atoms with Crippen LogP contribution in [0.5, 0.6) is 0 Å². The van der Waals surface area contributed by atoms with E-state index in [4.69, 9.17) is 5.84 Å². The highest BCUT2D eigenvalue weighted by Crippen LogP contribution is 2.19. The SMILES string of the molecule is NNC(=O)C1CCN(C(=O)CN2CCCS2(=O)=O)CC1. The van der Waals surface area contributed by atoms with Crippen LogP contribution in [0.3, 0.4) is 0 Å². The summed E-state index contributed by atoms with van der Waals surface area (Å²) in [5.74, 6) is 4.64. The lowest BCUT2D eigenvalue weighted by molar-refractivity contribution is -0.135. The van der Waals surface area contributed by atoms with E-state index < -0.39 is 10.0 Å². The molecule has 114 valence electrons. The fraction of sp³-hybridized carbons (Fsp3) is 0.818. The van der Waals surface area contributed by atoms with Crippen molar-refractivity contribution in [3.05, 3.63) is 0 Å².